The molecule has 0 radical (unpaired) electrons. The topological polar surface area (TPSA) is 104 Å². The number of halogens is 1. The summed E-state index contributed by atoms with van der Waals surface area (Å²) in [7, 11) is 0. The largest absolute Gasteiger partial charge is 0.467 e. The van der Waals surface area contributed by atoms with E-state index in [1.54, 1.807) is 41.5 Å². The average Bonchev–Trinajstić information content (AvgIpc) is 3.80. The lowest BCUT2D eigenvalue weighted by molar-refractivity contribution is -0.126. The van der Waals surface area contributed by atoms with Gasteiger partial charge in [-0.1, -0.05) is 71.9 Å². The molecule has 224 valence electrons. The highest BCUT2D eigenvalue weighted by molar-refractivity contribution is 8.15. The van der Waals surface area contributed by atoms with Crippen molar-refractivity contribution < 1.29 is 23.5 Å². The molecule has 44 heavy (non-hydrogen) atoms. The van der Waals surface area contributed by atoms with Gasteiger partial charge in [-0.25, -0.2) is 9.79 Å². The minimum atomic E-state index is -0.620. The van der Waals surface area contributed by atoms with E-state index in [2.05, 4.69) is 5.32 Å². The van der Waals surface area contributed by atoms with Gasteiger partial charge in [-0.05, 0) is 66.4 Å². The number of aliphatic imine (C=N–C) groups is 1. The minimum Gasteiger partial charge on any atom is -0.467 e. The molecule has 2 aliphatic rings. The molecule has 3 amide bonds. The third-order valence-corrected chi connectivity index (χ3v) is 8.81. The molecule has 0 aliphatic carbocycles. The fourth-order valence-corrected chi connectivity index (χ4v) is 6.50. The molecule has 1 N–H and O–H groups in total. The molecule has 2 atom stereocenters. The van der Waals surface area contributed by atoms with Gasteiger partial charge in [0.15, 0.2) is 5.17 Å². The van der Waals surface area contributed by atoms with Crippen LogP contribution in [0.2, 0.25) is 5.02 Å². The summed E-state index contributed by atoms with van der Waals surface area (Å²) in [6, 6.07) is 26.7. The van der Waals surface area contributed by atoms with E-state index >= 15 is 0 Å². The van der Waals surface area contributed by atoms with Crippen molar-refractivity contribution in [1.82, 2.24) is 9.80 Å². The summed E-state index contributed by atoms with van der Waals surface area (Å²) in [5, 5.41) is 3.48. The lowest BCUT2D eigenvalue weighted by Gasteiger charge is -2.23. The van der Waals surface area contributed by atoms with Crippen LogP contribution in [0.25, 0.3) is 0 Å². The first-order chi connectivity index (χ1) is 21.4. The van der Waals surface area contributed by atoms with Crippen molar-refractivity contribution in [3.05, 3.63) is 119 Å². The molecule has 1 aromatic heterocycles. The Labute approximate surface area is 263 Å². The summed E-state index contributed by atoms with van der Waals surface area (Å²) >= 11 is 7.51. The van der Waals surface area contributed by atoms with E-state index in [9.17, 15) is 14.4 Å². The van der Waals surface area contributed by atoms with E-state index in [1.807, 2.05) is 60.7 Å². The van der Waals surface area contributed by atoms with Gasteiger partial charge < -0.3 is 14.5 Å². The van der Waals surface area contributed by atoms with Gasteiger partial charge in [0.2, 0.25) is 11.8 Å². The summed E-state index contributed by atoms with van der Waals surface area (Å²) in [5.74, 6) is 0.236. The van der Waals surface area contributed by atoms with Gasteiger partial charge in [0.05, 0.1) is 18.5 Å². The summed E-state index contributed by atoms with van der Waals surface area (Å²) in [6.45, 7) is 0.849. The number of carbonyl (C=O) groups is 3. The molecular formula is C33H29ClN4O5S. The van der Waals surface area contributed by atoms with Gasteiger partial charge in [0, 0.05) is 17.3 Å². The number of ether oxygens (including phenoxy) is 1. The Morgan fingerprint density at radius 2 is 1.84 bits per heavy atom. The van der Waals surface area contributed by atoms with Gasteiger partial charge in [-0.15, -0.1) is 0 Å². The van der Waals surface area contributed by atoms with Crippen LogP contribution in [-0.2, 0) is 27.5 Å². The minimum absolute atomic E-state index is 0.125. The number of likely N-dealkylation sites (tertiary alicyclic amines) is 1. The SMILES string of the molecule is O=C(Nc1ccc(C2S/C(=N\c3cccc(Cl)c3)N(Cc3ccco3)C2=O)cc1)[C@@H]1CCCN1C(=O)OCc1ccccc1. The van der Waals surface area contributed by atoms with Crippen LogP contribution < -0.4 is 5.32 Å². The van der Waals surface area contributed by atoms with E-state index in [4.69, 9.17) is 25.7 Å². The number of hydrogen-bond acceptors (Lipinski definition) is 7. The molecule has 3 heterocycles. The smallest absolute Gasteiger partial charge is 0.410 e. The number of nitrogens with one attached hydrogen (secondary N) is 1. The number of carbonyl (C=O) groups excluding carboxylic acids is 3. The molecule has 2 saturated heterocycles. The third-order valence-electron chi connectivity index (χ3n) is 7.35. The van der Waals surface area contributed by atoms with Gasteiger partial charge in [-0.2, -0.15) is 0 Å². The van der Waals surface area contributed by atoms with Crippen molar-refractivity contribution in [2.24, 2.45) is 4.99 Å². The zero-order valence-electron chi connectivity index (χ0n) is 23.6. The Bertz CT molecular complexity index is 1660. The first-order valence-corrected chi connectivity index (χ1v) is 15.4. The van der Waals surface area contributed by atoms with Crippen LogP contribution in [-0.4, -0.2) is 45.5 Å². The van der Waals surface area contributed by atoms with Gasteiger partial charge in [0.1, 0.15) is 23.7 Å². The second-order valence-corrected chi connectivity index (χ2v) is 11.9. The first-order valence-electron chi connectivity index (χ1n) is 14.2. The van der Waals surface area contributed by atoms with Gasteiger partial charge in [-0.3, -0.25) is 19.4 Å². The highest BCUT2D eigenvalue weighted by Gasteiger charge is 2.40. The van der Waals surface area contributed by atoms with E-state index in [1.165, 1.54) is 16.7 Å². The number of hydrogen-bond donors (Lipinski definition) is 1. The third kappa shape index (κ3) is 6.82. The Balaban J connectivity index is 1.12. The number of rotatable bonds is 8. The standard InChI is InChI=1S/C33H29ClN4O5S/c34-24-9-4-10-26(19-24)36-32-38(20-27-11-6-18-42-27)31(40)29(44-32)23-13-15-25(16-14-23)35-30(39)28-12-5-17-37(28)33(41)43-21-22-7-2-1-3-8-22/h1-4,6-11,13-16,18-19,28-29H,5,12,17,20-21H2,(H,35,39)/b36-32-/t28-,29?/m0/s1. The highest BCUT2D eigenvalue weighted by atomic mass is 35.5. The van der Waals surface area contributed by atoms with Crippen molar-refractivity contribution in [3.63, 3.8) is 0 Å². The molecule has 0 saturated carbocycles. The lowest BCUT2D eigenvalue weighted by Crippen LogP contribution is -2.43. The number of benzene rings is 3. The molecule has 0 spiro atoms. The van der Waals surface area contributed by atoms with Crippen LogP contribution in [0.15, 0.2) is 107 Å². The number of thioether (sulfide) groups is 1. The van der Waals surface area contributed by atoms with Crippen molar-refractivity contribution in [2.45, 2.75) is 37.3 Å². The van der Waals surface area contributed by atoms with Crippen LogP contribution in [0.1, 0.15) is 35.0 Å². The molecule has 3 aromatic carbocycles. The van der Waals surface area contributed by atoms with Crippen molar-refractivity contribution >= 4 is 57.8 Å². The molecular weight excluding hydrogens is 600 g/mol. The number of amides is 3. The second kappa shape index (κ2) is 13.4. The van der Waals surface area contributed by atoms with Crippen molar-refractivity contribution in [1.29, 1.82) is 0 Å². The predicted octanol–water partition coefficient (Wildman–Crippen LogP) is 7.18. The monoisotopic (exact) mass is 628 g/mol. The van der Waals surface area contributed by atoms with Crippen LogP contribution in [0.3, 0.4) is 0 Å². The molecule has 2 fully saturated rings. The molecule has 9 nitrogen and oxygen atoms in total. The second-order valence-electron chi connectivity index (χ2n) is 10.4. The van der Waals surface area contributed by atoms with Crippen LogP contribution in [0, 0.1) is 0 Å². The molecule has 6 rings (SSSR count). The summed E-state index contributed by atoms with van der Waals surface area (Å²) in [4.78, 5) is 47.4. The van der Waals surface area contributed by atoms with Crippen LogP contribution >= 0.6 is 23.4 Å². The summed E-state index contributed by atoms with van der Waals surface area (Å²) in [5.41, 5.74) is 2.86. The van der Waals surface area contributed by atoms with Gasteiger partial charge >= 0.3 is 6.09 Å². The Morgan fingerprint density at radius 1 is 1.02 bits per heavy atom. The maximum atomic E-state index is 13.6. The number of nitrogens with zero attached hydrogens (tertiary/aromatic N) is 3. The van der Waals surface area contributed by atoms with E-state index < -0.39 is 17.4 Å². The van der Waals surface area contributed by atoms with Crippen LogP contribution in [0.4, 0.5) is 16.2 Å². The highest BCUT2D eigenvalue weighted by Crippen LogP contribution is 2.41. The maximum absolute atomic E-state index is 13.6. The van der Waals surface area contributed by atoms with E-state index in [0.29, 0.717) is 46.7 Å². The Hall–Kier alpha value is -4.54. The number of anilines is 1. The van der Waals surface area contributed by atoms with Crippen LogP contribution in [0.5, 0.6) is 0 Å². The fraction of sp³-hybridized carbons (Fsp3) is 0.212. The van der Waals surface area contributed by atoms with E-state index in [-0.39, 0.29) is 25.0 Å². The zero-order valence-corrected chi connectivity index (χ0v) is 25.2. The quantitative estimate of drug-likeness (QED) is 0.222. The summed E-state index contributed by atoms with van der Waals surface area (Å²) < 4.78 is 11.0. The Kier molecular flexibility index (Phi) is 8.99. The van der Waals surface area contributed by atoms with E-state index in [0.717, 1.165) is 11.1 Å². The fourth-order valence-electron chi connectivity index (χ4n) is 5.14. The van der Waals surface area contributed by atoms with Crippen molar-refractivity contribution in [2.75, 3.05) is 11.9 Å². The predicted molar refractivity (Wildman–Crippen MR) is 170 cm³/mol. The van der Waals surface area contributed by atoms with Gasteiger partial charge in [0.25, 0.3) is 0 Å². The molecule has 11 heteroatoms. The molecule has 4 aromatic rings. The zero-order chi connectivity index (χ0) is 30.5. The molecule has 1 unspecified atom stereocenters. The van der Waals surface area contributed by atoms with Crippen molar-refractivity contribution in [3.8, 4) is 0 Å². The number of amidine groups is 1. The molecule has 0 bridgehead atoms. The average molecular weight is 629 g/mol. The Morgan fingerprint density at radius 3 is 2.59 bits per heavy atom. The lowest BCUT2D eigenvalue weighted by atomic mass is 10.1. The normalized spacial score (nSPS) is 19.0. The molecule has 2 aliphatic heterocycles. The number of furan rings is 1. The maximum Gasteiger partial charge on any atom is 0.410 e. The first kappa shape index (κ1) is 29.5. The summed E-state index contributed by atoms with van der Waals surface area (Å²) in [6.07, 6.45) is 2.33.